The van der Waals surface area contributed by atoms with E-state index in [4.69, 9.17) is 4.74 Å². The Morgan fingerprint density at radius 1 is 1.11 bits per heavy atom. The molecule has 1 aliphatic rings. The van der Waals surface area contributed by atoms with Crippen molar-refractivity contribution in [2.24, 2.45) is 0 Å². The quantitative estimate of drug-likeness (QED) is 0.830. The third kappa shape index (κ3) is 4.69. The van der Waals surface area contributed by atoms with Gasteiger partial charge in [0.1, 0.15) is 12.6 Å². The van der Waals surface area contributed by atoms with E-state index in [0.717, 1.165) is 11.1 Å². The molecule has 3 rings (SSSR count). The molecule has 2 aromatic rings. The van der Waals surface area contributed by atoms with Gasteiger partial charge in [0.2, 0.25) is 0 Å². The fraction of sp³-hybridized carbons (Fsp3) is 0.300. The lowest BCUT2D eigenvalue weighted by molar-refractivity contribution is -0.123. The second kappa shape index (κ2) is 8.43. The normalized spacial score (nSPS) is 16.6. The summed E-state index contributed by atoms with van der Waals surface area (Å²) in [4.78, 5) is 26.2. The summed E-state index contributed by atoms with van der Waals surface area (Å²) in [6.07, 6.45) is 0.355. The Morgan fingerprint density at radius 3 is 2.46 bits per heavy atom. The summed E-state index contributed by atoms with van der Waals surface area (Å²) < 4.78 is 32.2. The molecule has 28 heavy (non-hydrogen) atoms. The minimum Gasteiger partial charge on any atom is -0.445 e. The number of hydrogen-bond acceptors (Lipinski definition) is 5. The first-order chi connectivity index (χ1) is 13.4. The molecule has 2 aromatic carbocycles. The van der Waals surface area contributed by atoms with E-state index in [9.17, 15) is 18.0 Å². The number of likely N-dealkylation sites (tertiary alicyclic amines) is 1. The molecule has 1 saturated heterocycles. The molecule has 148 valence electrons. The maximum Gasteiger partial charge on any atom is 0.410 e. The predicted molar refractivity (Wildman–Crippen MR) is 103 cm³/mol. The van der Waals surface area contributed by atoms with Crippen LogP contribution in [0.4, 0.5) is 4.79 Å². The zero-order chi connectivity index (χ0) is 20.1. The highest BCUT2D eigenvalue weighted by Crippen LogP contribution is 2.20. The number of carbonyl (C=O) groups excluding carboxylic acids is 2. The molecule has 0 radical (unpaired) electrons. The Balaban J connectivity index is 1.63. The number of aryl methyl sites for hydroxylation is 1. The summed E-state index contributed by atoms with van der Waals surface area (Å²) in [5.41, 5.74) is 1.74. The molecule has 0 aromatic heterocycles. The SMILES string of the molecule is Cc1ccc(S(=O)(=O)NC(=O)[C@H]2CCCN2C(=O)OCc2ccccc2)cc1. The van der Waals surface area contributed by atoms with Gasteiger partial charge in [-0.3, -0.25) is 9.69 Å². The highest BCUT2D eigenvalue weighted by Gasteiger charge is 2.37. The van der Waals surface area contributed by atoms with Crippen molar-refractivity contribution >= 4 is 22.0 Å². The summed E-state index contributed by atoms with van der Waals surface area (Å²) in [5.74, 6) is -0.727. The molecular weight excluding hydrogens is 380 g/mol. The van der Waals surface area contributed by atoms with Crippen LogP contribution < -0.4 is 4.72 Å². The maximum absolute atomic E-state index is 12.6. The van der Waals surface area contributed by atoms with Gasteiger partial charge in [0, 0.05) is 6.54 Å². The number of amides is 2. The molecule has 1 N–H and O–H groups in total. The van der Waals surface area contributed by atoms with Gasteiger partial charge >= 0.3 is 6.09 Å². The first kappa shape index (κ1) is 19.9. The van der Waals surface area contributed by atoms with Gasteiger partial charge in [-0.2, -0.15) is 0 Å². The topological polar surface area (TPSA) is 92.8 Å². The van der Waals surface area contributed by atoms with E-state index in [1.165, 1.54) is 17.0 Å². The van der Waals surface area contributed by atoms with Crippen molar-refractivity contribution in [3.05, 3.63) is 65.7 Å². The Kier molecular flexibility index (Phi) is 5.99. The second-order valence-corrected chi connectivity index (χ2v) is 8.36. The van der Waals surface area contributed by atoms with Gasteiger partial charge < -0.3 is 4.74 Å². The lowest BCUT2D eigenvalue weighted by Gasteiger charge is -2.23. The van der Waals surface area contributed by atoms with Crippen LogP contribution >= 0.6 is 0 Å². The first-order valence-corrected chi connectivity index (χ1v) is 10.5. The molecule has 1 heterocycles. The zero-order valence-electron chi connectivity index (χ0n) is 15.5. The lowest BCUT2D eigenvalue weighted by Crippen LogP contribution is -2.47. The second-order valence-electron chi connectivity index (χ2n) is 6.67. The average molecular weight is 402 g/mol. The van der Waals surface area contributed by atoms with Crippen molar-refractivity contribution in [2.45, 2.75) is 37.3 Å². The van der Waals surface area contributed by atoms with Gasteiger partial charge in [-0.15, -0.1) is 0 Å². The molecule has 0 aliphatic carbocycles. The van der Waals surface area contributed by atoms with Crippen LogP contribution in [0.15, 0.2) is 59.5 Å². The van der Waals surface area contributed by atoms with Crippen molar-refractivity contribution in [1.82, 2.24) is 9.62 Å². The van der Waals surface area contributed by atoms with Crippen LogP contribution in [0.3, 0.4) is 0 Å². The lowest BCUT2D eigenvalue weighted by atomic mass is 10.2. The number of hydrogen-bond donors (Lipinski definition) is 1. The smallest absolute Gasteiger partial charge is 0.410 e. The van der Waals surface area contributed by atoms with Gasteiger partial charge in [0.15, 0.2) is 0 Å². The minimum atomic E-state index is -4.00. The van der Waals surface area contributed by atoms with Crippen LogP contribution in [0, 0.1) is 6.92 Å². The summed E-state index contributed by atoms with van der Waals surface area (Å²) in [7, 11) is -4.00. The van der Waals surface area contributed by atoms with E-state index in [1.54, 1.807) is 12.1 Å². The van der Waals surface area contributed by atoms with Crippen LogP contribution in [-0.2, 0) is 26.2 Å². The van der Waals surface area contributed by atoms with Gasteiger partial charge in [-0.1, -0.05) is 48.0 Å². The van der Waals surface area contributed by atoms with E-state index in [0.29, 0.717) is 19.4 Å². The standard InChI is InChI=1S/C20H22N2O5S/c1-15-9-11-17(12-10-15)28(25,26)21-19(23)18-8-5-13-22(18)20(24)27-14-16-6-3-2-4-7-16/h2-4,6-7,9-12,18H,5,8,13-14H2,1H3,(H,21,23)/t18-/m1/s1. The zero-order valence-corrected chi connectivity index (χ0v) is 16.3. The van der Waals surface area contributed by atoms with Gasteiger partial charge in [-0.05, 0) is 37.5 Å². The van der Waals surface area contributed by atoms with E-state index in [1.807, 2.05) is 37.3 Å². The molecule has 1 fully saturated rings. The number of rotatable bonds is 5. The number of sulfonamides is 1. The molecular formula is C20H22N2O5S. The largest absolute Gasteiger partial charge is 0.445 e. The predicted octanol–water partition coefficient (Wildman–Crippen LogP) is 2.60. The van der Waals surface area contributed by atoms with E-state index in [2.05, 4.69) is 4.72 Å². The number of ether oxygens (including phenoxy) is 1. The summed E-state index contributed by atoms with van der Waals surface area (Å²) in [6, 6.07) is 14.5. The highest BCUT2D eigenvalue weighted by molar-refractivity contribution is 7.90. The monoisotopic (exact) mass is 402 g/mol. The molecule has 0 unspecified atom stereocenters. The highest BCUT2D eigenvalue weighted by atomic mass is 32.2. The van der Waals surface area contributed by atoms with E-state index in [-0.39, 0.29) is 11.5 Å². The Morgan fingerprint density at radius 2 is 1.79 bits per heavy atom. The average Bonchev–Trinajstić information content (AvgIpc) is 3.17. The maximum atomic E-state index is 12.6. The van der Waals surface area contributed by atoms with E-state index < -0.39 is 28.1 Å². The molecule has 8 heteroatoms. The number of carbonyl (C=O) groups is 2. The van der Waals surface area contributed by atoms with Crippen molar-refractivity contribution < 1.29 is 22.7 Å². The van der Waals surface area contributed by atoms with Gasteiger partial charge in [0.05, 0.1) is 4.90 Å². The molecule has 0 bridgehead atoms. The van der Waals surface area contributed by atoms with Crippen LogP contribution in [0.5, 0.6) is 0 Å². The number of nitrogens with one attached hydrogen (secondary N) is 1. The molecule has 1 aliphatic heterocycles. The Bertz CT molecular complexity index is 942. The first-order valence-electron chi connectivity index (χ1n) is 8.97. The van der Waals surface area contributed by atoms with Gasteiger partial charge in [-0.25, -0.2) is 17.9 Å². The minimum absolute atomic E-state index is 0.00245. The summed E-state index contributed by atoms with van der Waals surface area (Å²) >= 11 is 0. The van der Waals surface area contributed by atoms with Crippen molar-refractivity contribution in [3.63, 3.8) is 0 Å². The van der Waals surface area contributed by atoms with Crippen molar-refractivity contribution in [1.29, 1.82) is 0 Å². The molecule has 1 atom stereocenters. The molecule has 2 amide bonds. The Hall–Kier alpha value is -2.87. The summed E-state index contributed by atoms with van der Waals surface area (Å²) in [6.45, 7) is 2.27. The van der Waals surface area contributed by atoms with Crippen LogP contribution in [0.2, 0.25) is 0 Å². The molecule has 0 spiro atoms. The number of nitrogens with zero attached hydrogens (tertiary/aromatic N) is 1. The van der Waals surface area contributed by atoms with Crippen LogP contribution in [-0.4, -0.2) is 37.9 Å². The number of benzene rings is 2. The third-order valence-electron chi connectivity index (χ3n) is 4.56. The van der Waals surface area contributed by atoms with Crippen LogP contribution in [0.25, 0.3) is 0 Å². The third-order valence-corrected chi connectivity index (χ3v) is 5.92. The molecule has 7 nitrogen and oxygen atoms in total. The molecule has 0 saturated carbocycles. The fourth-order valence-corrected chi connectivity index (χ4v) is 4.05. The van der Waals surface area contributed by atoms with Crippen molar-refractivity contribution in [2.75, 3.05) is 6.54 Å². The fourth-order valence-electron chi connectivity index (χ4n) is 3.04. The summed E-state index contributed by atoms with van der Waals surface area (Å²) in [5, 5.41) is 0. The van der Waals surface area contributed by atoms with Crippen LogP contribution in [0.1, 0.15) is 24.0 Å². The van der Waals surface area contributed by atoms with Crippen molar-refractivity contribution in [3.8, 4) is 0 Å². The van der Waals surface area contributed by atoms with E-state index >= 15 is 0 Å². The Labute approximate surface area is 164 Å². The van der Waals surface area contributed by atoms with Gasteiger partial charge in [0.25, 0.3) is 15.9 Å².